The quantitative estimate of drug-likeness (QED) is 0.305. The maximum absolute atomic E-state index is 13.5. The van der Waals surface area contributed by atoms with E-state index < -0.39 is 49.6 Å². The molecule has 184 valence electrons. The summed E-state index contributed by atoms with van der Waals surface area (Å²) >= 11 is 3.06. The van der Waals surface area contributed by atoms with Gasteiger partial charge in [0.2, 0.25) is 0 Å². The van der Waals surface area contributed by atoms with E-state index in [9.17, 15) is 24.1 Å². The molecule has 0 amide bonds. The first-order valence-corrected chi connectivity index (χ1v) is 12.5. The van der Waals surface area contributed by atoms with Crippen LogP contribution in [-0.4, -0.2) is 46.2 Å². The van der Waals surface area contributed by atoms with Crippen molar-refractivity contribution in [3.63, 3.8) is 0 Å². The van der Waals surface area contributed by atoms with Crippen LogP contribution in [0, 0.1) is 0 Å². The summed E-state index contributed by atoms with van der Waals surface area (Å²) in [6, 6.07) is 6.96. The first-order valence-electron chi connectivity index (χ1n) is 10.00. The molecule has 1 aliphatic rings. The van der Waals surface area contributed by atoms with E-state index in [1.165, 1.54) is 43.4 Å². The van der Waals surface area contributed by atoms with Crippen molar-refractivity contribution in [1.82, 2.24) is 14.6 Å². The van der Waals surface area contributed by atoms with Crippen LogP contribution in [0.1, 0.15) is 25.1 Å². The van der Waals surface area contributed by atoms with Crippen molar-refractivity contribution >= 4 is 35.7 Å². The molecule has 1 aromatic heterocycles. The fourth-order valence-corrected chi connectivity index (χ4v) is 4.98. The lowest BCUT2D eigenvalue weighted by molar-refractivity contribution is -0.143. The summed E-state index contributed by atoms with van der Waals surface area (Å²) in [4.78, 5) is 39.7. The summed E-state index contributed by atoms with van der Waals surface area (Å²) in [6.07, 6.45) is -1.29. The normalized spacial score (nSPS) is 22.9. The summed E-state index contributed by atoms with van der Waals surface area (Å²) < 4.78 is 35.9. The van der Waals surface area contributed by atoms with Crippen molar-refractivity contribution in [2.24, 2.45) is 0 Å². The van der Waals surface area contributed by atoms with Crippen molar-refractivity contribution < 1.29 is 33.0 Å². The summed E-state index contributed by atoms with van der Waals surface area (Å²) in [5, 5.41) is 13.0. The number of esters is 1. The number of carbonyl (C=O) groups excluding carboxylic acids is 1. The topological polar surface area (TPSA) is 158 Å². The molecule has 12 nitrogen and oxygen atoms in total. The van der Waals surface area contributed by atoms with E-state index in [1.807, 2.05) is 0 Å². The van der Waals surface area contributed by atoms with Gasteiger partial charge in [-0.2, -0.15) is 5.09 Å². The van der Waals surface area contributed by atoms with Gasteiger partial charge in [-0.15, -0.1) is 0 Å². The second-order valence-electron chi connectivity index (χ2n) is 7.19. The van der Waals surface area contributed by atoms with Gasteiger partial charge in [0.1, 0.15) is 24.1 Å². The van der Waals surface area contributed by atoms with Crippen LogP contribution in [0.2, 0.25) is 0 Å². The summed E-state index contributed by atoms with van der Waals surface area (Å²) in [6.45, 7) is 1.39. The number of para-hydroxylation sites is 1. The van der Waals surface area contributed by atoms with Crippen LogP contribution >= 0.6 is 23.7 Å². The Morgan fingerprint density at radius 3 is 2.74 bits per heavy atom. The second kappa shape index (κ2) is 11.3. The summed E-state index contributed by atoms with van der Waals surface area (Å²) in [5.41, 5.74) is -1.22. The fraction of sp³-hybridized carbons (Fsp3) is 0.350. The smallest absolute Gasteiger partial charge is 0.461 e. The number of aliphatic hydroxyl groups excluding tert-OH is 1. The molecule has 1 fully saturated rings. The van der Waals surface area contributed by atoms with E-state index in [1.54, 1.807) is 18.2 Å². The molecule has 2 aromatic rings. The molecule has 0 radical (unpaired) electrons. The predicted octanol–water partition coefficient (Wildman–Crippen LogP) is 1.86. The number of rotatable bonds is 9. The highest BCUT2D eigenvalue weighted by atomic mass is 79.9. The zero-order chi connectivity index (χ0) is 24.9. The Hall–Kier alpha value is -2.54. The lowest BCUT2D eigenvalue weighted by Gasteiger charge is -2.26. The Morgan fingerprint density at radius 2 is 2.09 bits per heavy atom. The van der Waals surface area contributed by atoms with Gasteiger partial charge in [0.15, 0.2) is 6.29 Å². The van der Waals surface area contributed by atoms with Gasteiger partial charge in [-0.05, 0) is 30.1 Å². The Bertz CT molecular complexity index is 1200. The van der Waals surface area contributed by atoms with Crippen LogP contribution in [-0.2, 0) is 23.4 Å². The molecule has 1 aromatic carbocycles. The lowest BCUT2D eigenvalue weighted by Crippen LogP contribution is -2.37. The number of aromatic nitrogens is 2. The van der Waals surface area contributed by atoms with E-state index in [0.29, 0.717) is 0 Å². The predicted molar refractivity (Wildman–Crippen MR) is 124 cm³/mol. The van der Waals surface area contributed by atoms with Gasteiger partial charge in [0.25, 0.3) is 5.56 Å². The molecule has 1 aliphatic heterocycles. The molecule has 2 unspecified atom stereocenters. The van der Waals surface area contributed by atoms with Gasteiger partial charge in [-0.25, -0.2) is 9.36 Å². The maximum atomic E-state index is 13.5. The monoisotopic (exact) mass is 559 g/mol. The first kappa shape index (κ1) is 26.1. The Morgan fingerprint density at radius 1 is 1.38 bits per heavy atom. The molecule has 0 bridgehead atoms. The number of hydrogen-bond acceptors (Lipinski definition) is 9. The first-order chi connectivity index (χ1) is 16.2. The second-order valence-corrected chi connectivity index (χ2v) is 9.36. The summed E-state index contributed by atoms with van der Waals surface area (Å²) in [7, 11) is -3.14. The minimum Gasteiger partial charge on any atom is -0.468 e. The van der Waals surface area contributed by atoms with E-state index in [-0.39, 0.29) is 17.7 Å². The van der Waals surface area contributed by atoms with Crippen molar-refractivity contribution in [1.29, 1.82) is 0 Å². The SMILES string of the molecule is COC(=O)[C@H](C)NP(=O)(Oc1ccccc1)O[C@@H]1OC(n2cc(C=CBr)c(=O)[nH]c2=O)C[C@@H]1O. The van der Waals surface area contributed by atoms with Gasteiger partial charge in [-0.3, -0.25) is 23.7 Å². The van der Waals surface area contributed by atoms with E-state index in [4.69, 9.17) is 13.8 Å². The Balaban J connectivity index is 1.85. The highest BCUT2D eigenvalue weighted by Gasteiger charge is 2.43. The number of benzene rings is 1. The van der Waals surface area contributed by atoms with Gasteiger partial charge in [-0.1, -0.05) is 34.1 Å². The largest absolute Gasteiger partial charge is 0.468 e. The number of ether oxygens (including phenoxy) is 2. The third-order valence-corrected chi connectivity index (χ3v) is 6.62. The molecule has 14 heteroatoms. The van der Waals surface area contributed by atoms with Crippen LogP contribution in [0.25, 0.3) is 6.08 Å². The van der Waals surface area contributed by atoms with Gasteiger partial charge >= 0.3 is 19.4 Å². The fourth-order valence-electron chi connectivity index (χ4n) is 3.10. The maximum Gasteiger partial charge on any atom is 0.461 e. The Kier molecular flexibility index (Phi) is 8.63. The average molecular weight is 560 g/mol. The van der Waals surface area contributed by atoms with Crippen LogP contribution < -0.4 is 20.9 Å². The van der Waals surface area contributed by atoms with Crippen LogP contribution in [0.15, 0.2) is 51.1 Å². The van der Waals surface area contributed by atoms with Gasteiger partial charge in [0.05, 0.1) is 12.7 Å². The number of hydrogen-bond donors (Lipinski definition) is 3. The van der Waals surface area contributed by atoms with E-state index in [2.05, 4.69) is 30.7 Å². The number of carbonyl (C=O) groups is 1. The molecule has 0 aliphatic carbocycles. The zero-order valence-corrected chi connectivity index (χ0v) is 20.6. The standard InChI is InChI=1S/C20H23BrN3O9P/c1-12(18(27)30-2)23-34(29,32-14-6-4-3-5-7-14)33-19-15(25)10-16(31-19)24-11-13(8-9-21)17(26)22-20(24)28/h3-9,11-12,15-16,19,25H,10H2,1-2H3,(H,23,29)(H,22,26,28)/t12-,15-,16?,19-,34?/m0/s1. The van der Waals surface area contributed by atoms with Crippen molar-refractivity contribution in [3.8, 4) is 5.75 Å². The van der Waals surface area contributed by atoms with Crippen LogP contribution in [0.4, 0.5) is 0 Å². The average Bonchev–Trinajstić information content (AvgIpc) is 3.14. The van der Waals surface area contributed by atoms with Crippen molar-refractivity contribution in [3.05, 3.63) is 67.9 Å². The van der Waals surface area contributed by atoms with Gasteiger partial charge in [0, 0.05) is 12.6 Å². The zero-order valence-electron chi connectivity index (χ0n) is 18.1. The molecule has 2 heterocycles. The number of nitrogens with one attached hydrogen (secondary N) is 2. The van der Waals surface area contributed by atoms with Gasteiger partial charge < -0.3 is 19.1 Å². The highest BCUT2D eigenvalue weighted by molar-refractivity contribution is 9.11. The highest BCUT2D eigenvalue weighted by Crippen LogP contribution is 2.48. The molecular weight excluding hydrogens is 537 g/mol. The van der Waals surface area contributed by atoms with Crippen molar-refractivity contribution in [2.75, 3.05) is 7.11 Å². The van der Waals surface area contributed by atoms with Crippen molar-refractivity contribution in [2.45, 2.75) is 38.0 Å². The molecule has 5 atom stereocenters. The van der Waals surface area contributed by atoms with E-state index >= 15 is 0 Å². The minimum absolute atomic E-state index is 0.119. The number of nitrogens with zero attached hydrogens (tertiary/aromatic N) is 1. The van der Waals surface area contributed by atoms with Crippen LogP contribution in [0.3, 0.4) is 0 Å². The third-order valence-electron chi connectivity index (χ3n) is 4.71. The number of methoxy groups -OCH3 is 1. The molecule has 1 saturated heterocycles. The molecule has 34 heavy (non-hydrogen) atoms. The lowest BCUT2D eigenvalue weighted by atomic mass is 10.2. The molecule has 0 saturated carbocycles. The number of H-pyrrole nitrogens is 1. The minimum atomic E-state index is -4.31. The van der Waals surface area contributed by atoms with Crippen LogP contribution in [0.5, 0.6) is 5.75 Å². The Labute approximate surface area is 202 Å². The number of aromatic amines is 1. The number of aliphatic hydroxyl groups is 1. The number of halogens is 1. The molecule has 3 N–H and O–H groups in total. The molecule has 3 rings (SSSR count). The molecule has 0 spiro atoms. The van der Waals surface area contributed by atoms with E-state index in [0.717, 1.165) is 4.57 Å². The summed E-state index contributed by atoms with van der Waals surface area (Å²) in [5.74, 6) is -0.555. The molecular formula is C20H23BrN3O9P. The third kappa shape index (κ3) is 6.32.